The van der Waals surface area contributed by atoms with Crippen molar-refractivity contribution in [2.75, 3.05) is 13.2 Å². The Morgan fingerprint density at radius 2 is 0.719 bits per heavy atom. The fraction of sp³-hybridized carbons (Fsp3) is 0.603. The second-order valence-corrected chi connectivity index (χ2v) is 16.4. The van der Waals surface area contributed by atoms with E-state index in [0.717, 1.165) is 116 Å². The lowest BCUT2D eigenvalue weighted by Gasteiger charge is -2.18. The number of allylic oxidation sites excluding steroid dienone is 20. The van der Waals surface area contributed by atoms with Gasteiger partial charge in [0.25, 0.3) is 0 Å². The van der Waals surface area contributed by atoms with Gasteiger partial charge in [0.15, 0.2) is 6.10 Å². The van der Waals surface area contributed by atoms with E-state index in [9.17, 15) is 14.4 Å². The highest BCUT2D eigenvalue weighted by molar-refractivity contribution is 5.71. The number of esters is 3. The van der Waals surface area contributed by atoms with E-state index >= 15 is 0 Å². The molecule has 6 nitrogen and oxygen atoms in total. The van der Waals surface area contributed by atoms with E-state index in [2.05, 4.69) is 124 Å². The first-order chi connectivity index (χ1) is 31.5. The number of unbranched alkanes of at least 4 members (excludes halogenated alkanes) is 15. The summed E-state index contributed by atoms with van der Waals surface area (Å²) in [4.78, 5) is 37.9. The van der Waals surface area contributed by atoms with Gasteiger partial charge in [-0.3, -0.25) is 14.4 Å². The lowest BCUT2D eigenvalue weighted by molar-refractivity contribution is -0.166. The number of hydrogen-bond donors (Lipinski definition) is 0. The van der Waals surface area contributed by atoms with E-state index in [0.29, 0.717) is 12.8 Å². The maximum absolute atomic E-state index is 12.8. The fourth-order valence-corrected chi connectivity index (χ4v) is 6.46. The SMILES string of the molecule is CC\C=C/C=C\C=C/CCCCCCCC(=O)OCC(COC(=O)CC/C=C\C/C=C\C/C=C\C/C=C\C/C=C\C/C=C\CC)OC(=O)CCCCC/C=C\CCCCCCCCC. The van der Waals surface area contributed by atoms with Crippen LogP contribution in [0.5, 0.6) is 0 Å². The van der Waals surface area contributed by atoms with E-state index in [4.69, 9.17) is 14.2 Å². The number of carbonyl (C=O) groups excluding carboxylic acids is 3. The Kier molecular flexibility index (Phi) is 48.1. The molecule has 0 rings (SSSR count). The third kappa shape index (κ3) is 48.8. The van der Waals surface area contributed by atoms with Gasteiger partial charge in [0.1, 0.15) is 13.2 Å². The van der Waals surface area contributed by atoms with Gasteiger partial charge in [0.05, 0.1) is 0 Å². The lowest BCUT2D eigenvalue weighted by atomic mass is 10.1. The van der Waals surface area contributed by atoms with Crippen molar-refractivity contribution in [2.45, 2.75) is 213 Å². The van der Waals surface area contributed by atoms with Crippen LogP contribution < -0.4 is 0 Å². The molecule has 0 radical (unpaired) electrons. The zero-order valence-corrected chi connectivity index (χ0v) is 41.0. The Labute approximate surface area is 392 Å². The predicted octanol–water partition coefficient (Wildman–Crippen LogP) is 16.9. The molecule has 0 spiro atoms. The molecule has 64 heavy (non-hydrogen) atoms. The minimum absolute atomic E-state index is 0.121. The van der Waals surface area contributed by atoms with Crippen LogP contribution in [0.4, 0.5) is 0 Å². The van der Waals surface area contributed by atoms with Gasteiger partial charge in [-0.15, -0.1) is 0 Å². The Morgan fingerprint density at radius 1 is 0.344 bits per heavy atom. The molecule has 0 aliphatic rings. The Balaban J connectivity index is 4.56. The molecule has 0 heterocycles. The first-order valence-corrected chi connectivity index (χ1v) is 25.6. The van der Waals surface area contributed by atoms with E-state index in [1.807, 2.05) is 18.2 Å². The zero-order chi connectivity index (χ0) is 46.5. The molecule has 0 amide bonds. The molecule has 360 valence electrons. The van der Waals surface area contributed by atoms with Crippen LogP contribution in [0.25, 0.3) is 0 Å². The molecule has 0 aromatic heterocycles. The third-order valence-electron chi connectivity index (χ3n) is 10.3. The molecule has 1 unspecified atom stereocenters. The molecular formula is C58H92O6. The minimum Gasteiger partial charge on any atom is -0.462 e. The van der Waals surface area contributed by atoms with Crippen molar-refractivity contribution in [3.8, 4) is 0 Å². The topological polar surface area (TPSA) is 78.9 Å². The van der Waals surface area contributed by atoms with Gasteiger partial charge >= 0.3 is 17.9 Å². The highest BCUT2D eigenvalue weighted by atomic mass is 16.6. The molecule has 0 saturated carbocycles. The van der Waals surface area contributed by atoms with Gasteiger partial charge in [-0.25, -0.2) is 0 Å². The van der Waals surface area contributed by atoms with Gasteiger partial charge in [-0.1, -0.05) is 206 Å². The van der Waals surface area contributed by atoms with Crippen molar-refractivity contribution in [2.24, 2.45) is 0 Å². The average Bonchev–Trinajstić information content (AvgIpc) is 3.29. The summed E-state index contributed by atoms with van der Waals surface area (Å²) in [6.45, 7) is 6.27. The van der Waals surface area contributed by atoms with Crippen molar-refractivity contribution < 1.29 is 28.6 Å². The molecule has 0 aliphatic carbocycles. The highest BCUT2D eigenvalue weighted by Crippen LogP contribution is 2.12. The molecule has 6 heteroatoms. The summed E-state index contributed by atoms with van der Waals surface area (Å²) >= 11 is 0. The van der Waals surface area contributed by atoms with Crippen LogP contribution in [0.15, 0.2) is 122 Å². The lowest BCUT2D eigenvalue weighted by Crippen LogP contribution is -2.30. The average molecular weight is 885 g/mol. The maximum atomic E-state index is 12.8. The number of rotatable bonds is 44. The molecule has 0 aromatic rings. The summed E-state index contributed by atoms with van der Waals surface area (Å²) in [7, 11) is 0. The van der Waals surface area contributed by atoms with Gasteiger partial charge in [-0.2, -0.15) is 0 Å². The van der Waals surface area contributed by atoms with Gasteiger partial charge in [-0.05, 0) is 103 Å². The molecule has 0 aromatic carbocycles. The van der Waals surface area contributed by atoms with Crippen molar-refractivity contribution in [3.05, 3.63) is 122 Å². The molecule has 0 aliphatic heterocycles. The van der Waals surface area contributed by atoms with Crippen LogP contribution in [0.2, 0.25) is 0 Å². The monoisotopic (exact) mass is 885 g/mol. The van der Waals surface area contributed by atoms with Crippen LogP contribution in [-0.2, 0) is 28.6 Å². The largest absolute Gasteiger partial charge is 0.462 e. The van der Waals surface area contributed by atoms with Gasteiger partial charge in [0, 0.05) is 19.3 Å². The number of hydrogen-bond acceptors (Lipinski definition) is 6. The summed E-state index contributed by atoms with van der Waals surface area (Å²) in [6.07, 6.45) is 70.5. The van der Waals surface area contributed by atoms with Crippen LogP contribution in [0.1, 0.15) is 207 Å². The summed E-state index contributed by atoms with van der Waals surface area (Å²) in [5, 5.41) is 0. The fourth-order valence-electron chi connectivity index (χ4n) is 6.46. The van der Waals surface area contributed by atoms with E-state index in [-0.39, 0.29) is 44.0 Å². The van der Waals surface area contributed by atoms with Crippen LogP contribution in [0, 0.1) is 0 Å². The molecular weight excluding hydrogens is 793 g/mol. The number of ether oxygens (including phenoxy) is 3. The molecule has 0 bridgehead atoms. The Hall–Kier alpha value is -4.19. The first-order valence-electron chi connectivity index (χ1n) is 25.6. The molecule has 0 fully saturated rings. The van der Waals surface area contributed by atoms with Crippen LogP contribution in [-0.4, -0.2) is 37.2 Å². The van der Waals surface area contributed by atoms with Crippen molar-refractivity contribution in [3.63, 3.8) is 0 Å². The second-order valence-electron chi connectivity index (χ2n) is 16.4. The predicted molar refractivity (Wildman–Crippen MR) is 274 cm³/mol. The second kappa shape index (κ2) is 51.4. The summed E-state index contributed by atoms with van der Waals surface area (Å²) in [6, 6.07) is 0. The Morgan fingerprint density at radius 3 is 1.23 bits per heavy atom. The minimum atomic E-state index is -0.827. The van der Waals surface area contributed by atoms with Crippen LogP contribution in [0.3, 0.4) is 0 Å². The quantitative estimate of drug-likeness (QED) is 0.0199. The third-order valence-corrected chi connectivity index (χ3v) is 10.3. The van der Waals surface area contributed by atoms with E-state index in [1.165, 1.54) is 44.9 Å². The van der Waals surface area contributed by atoms with E-state index < -0.39 is 6.10 Å². The summed E-state index contributed by atoms with van der Waals surface area (Å²) in [5.41, 5.74) is 0. The zero-order valence-electron chi connectivity index (χ0n) is 41.0. The van der Waals surface area contributed by atoms with Crippen molar-refractivity contribution >= 4 is 17.9 Å². The molecule has 0 saturated heterocycles. The standard InChI is InChI=1S/C58H92O6/c1-4-7-10-13-16-19-22-25-27-28-29-30-31-34-36-39-42-45-48-51-57(60)63-54-55(53-62-56(59)50-47-44-41-38-35-32-24-21-18-15-12-9-6-3)64-58(61)52-49-46-43-40-37-33-26-23-20-17-14-11-8-5-2/h7,9-10,12,15-16,18-19,21,24-25,27,29-30,33-34,36-37,42,45,55H,4-6,8,11,13-14,17,20,22-23,26,28,31-32,35,38-41,43-44,46-54H2,1-3H3/b10-7-,12-9-,18-15-,19-16-,24-21-,27-25-,30-29-,36-34-,37-33-,45-42-. The van der Waals surface area contributed by atoms with Gasteiger partial charge in [0.2, 0.25) is 0 Å². The Bertz CT molecular complexity index is 1390. The summed E-state index contributed by atoms with van der Waals surface area (Å²) in [5.74, 6) is -1.05. The molecule has 0 N–H and O–H groups in total. The molecule has 1 atom stereocenters. The van der Waals surface area contributed by atoms with Crippen LogP contribution >= 0.6 is 0 Å². The number of carbonyl (C=O) groups is 3. The van der Waals surface area contributed by atoms with Gasteiger partial charge < -0.3 is 14.2 Å². The van der Waals surface area contributed by atoms with Crippen molar-refractivity contribution in [1.29, 1.82) is 0 Å². The highest BCUT2D eigenvalue weighted by Gasteiger charge is 2.19. The smallest absolute Gasteiger partial charge is 0.306 e. The summed E-state index contributed by atoms with van der Waals surface area (Å²) < 4.78 is 16.7. The van der Waals surface area contributed by atoms with Crippen molar-refractivity contribution in [1.82, 2.24) is 0 Å². The van der Waals surface area contributed by atoms with E-state index in [1.54, 1.807) is 0 Å². The normalized spacial score (nSPS) is 13.1. The first kappa shape index (κ1) is 59.8. The maximum Gasteiger partial charge on any atom is 0.306 e.